The normalized spacial score (nSPS) is 25.8. The minimum absolute atomic E-state index is 0.152. The molecule has 2 atom stereocenters. The third-order valence-electron chi connectivity index (χ3n) is 3.99. The van der Waals surface area contributed by atoms with Gasteiger partial charge >= 0.3 is 5.97 Å². The van der Waals surface area contributed by atoms with Gasteiger partial charge in [0.1, 0.15) is 12.4 Å². The highest BCUT2D eigenvalue weighted by atomic mass is 16.4. The van der Waals surface area contributed by atoms with Crippen molar-refractivity contribution in [3.8, 4) is 0 Å². The Morgan fingerprint density at radius 2 is 2.30 bits per heavy atom. The fraction of sp³-hybridized carbons (Fsp3) is 0.615. The standard InChI is InChI=1S/C13H19N5O2/c14-10-7-18(6-9(10)8-1-2-8)13-15-4-3-11(17-13)16-5-12(19)20/h3-4,8-10H,1-2,5-7,14H2,(H,19,20)(H,15,16,17)/t9-,10+/m0/s1. The van der Waals surface area contributed by atoms with Gasteiger partial charge in [0.25, 0.3) is 0 Å². The van der Waals surface area contributed by atoms with Gasteiger partial charge in [0.15, 0.2) is 0 Å². The van der Waals surface area contributed by atoms with Gasteiger partial charge in [-0.25, -0.2) is 4.98 Å². The maximum atomic E-state index is 10.5. The van der Waals surface area contributed by atoms with Gasteiger partial charge in [-0.15, -0.1) is 0 Å². The molecule has 0 amide bonds. The van der Waals surface area contributed by atoms with Crippen LogP contribution in [0.1, 0.15) is 12.8 Å². The highest BCUT2D eigenvalue weighted by Crippen LogP contribution is 2.41. The zero-order valence-corrected chi connectivity index (χ0v) is 11.2. The molecule has 2 heterocycles. The van der Waals surface area contributed by atoms with Crippen molar-refractivity contribution in [2.75, 3.05) is 29.9 Å². The Hall–Kier alpha value is -1.89. The number of carboxylic acids is 1. The van der Waals surface area contributed by atoms with Crippen LogP contribution in [0.3, 0.4) is 0 Å². The molecule has 1 saturated heterocycles. The lowest BCUT2D eigenvalue weighted by atomic mass is 9.99. The second-order valence-corrected chi connectivity index (χ2v) is 5.56. The summed E-state index contributed by atoms with van der Waals surface area (Å²) >= 11 is 0. The number of nitrogens with two attached hydrogens (primary N) is 1. The van der Waals surface area contributed by atoms with Crippen LogP contribution in [0.25, 0.3) is 0 Å². The first-order chi connectivity index (χ1) is 9.63. The highest BCUT2D eigenvalue weighted by Gasteiger charge is 2.41. The highest BCUT2D eigenvalue weighted by molar-refractivity contribution is 5.72. The van der Waals surface area contributed by atoms with E-state index in [1.165, 1.54) is 12.8 Å². The molecule has 1 aliphatic heterocycles. The summed E-state index contributed by atoms with van der Waals surface area (Å²) in [5, 5.41) is 11.4. The monoisotopic (exact) mass is 277 g/mol. The smallest absolute Gasteiger partial charge is 0.322 e. The molecule has 1 aromatic heterocycles. The van der Waals surface area contributed by atoms with E-state index in [1.54, 1.807) is 12.3 Å². The number of rotatable bonds is 5. The molecule has 1 aliphatic carbocycles. The molecule has 0 aromatic carbocycles. The number of hydrogen-bond donors (Lipinski definition) is 3. The van der Waals surface area contributed by atoms with Gasteiger partial charge in [-0.2, -0.15) is 4.98 Å². The van der Waals surface area contributed by atoms with E-state index in [1.807, 2.05) is 0 Å². The maximum Gasteiger partial charge on any atom is 0.322 e. The largest absolute Gasteiger partial charge is 0.480 e. The fourth-order valence-electron chi connectivity index (χ4n) is 2.81. The van der Waals surface area contributed by atoms with Crippen molar-refractivity contribution in [3.05, 3.63) is 12.3 Å². The minimum Gasteiger partial charge on any atom is -0.480 e. The Morgan fingerprint density at radius 1 is 1.50 bits per heavy atom. The van der Waals surface area contributed by atoms with E-state index in [9.17, 15) is 4.79 Å². The zero-order valence-electron chi connectivity index (χ0n) is 11.2. The molecule has 1 saturated carbocycles. The molecule has 3 rings (SSSR count). The third kappa shape index (κ3) is 2.82. The van der Waals surface area contributed by atoms with E-state index in [0.717, 1.165) is 19.0 Å². The molecular formula is C13H19N5O2. The van der Waals surface area contributed by atoms with E-state index in [4.69, 9.17) is 10.8 Å². The van der Waals surface area contributed by atoms with Crippen LogP contribution in [0.5, 0.6) is 0 Å². The van der Waals surface area contributed by atoms with Crippen LogP contribution >= 0.6 is 0 Å². The van der Waals surface area contributed by atoms with E-state index in [-0.39, 0.29) is 12.6 Å². The molecule has 0 spiro atoms. The van der Waals surface area contributed by atoms with Crippen molar-refractivity contribution in [1.82, 2.24) is 9.97 Å². The van der Waals surface area contributed by atoms with Crippen molar-refractivity contribution in [2.24, 2.45) is 17.6 Å². The van der Waals surface area contributed by atoms with Gasteiger partial charge in [-0.1, -0.05) is 0 Å². The van der Waals surface area contributed by atoms with Gasteiger partial charge in [-0.05, 0) is 30.7 Å². The molecule has 2 fully saturated rings. The molecule has 0 radical (unpaired) electrons. The van der Waals surface area contributed by atoms with Crippen molar-refractivity contribution in [1.29, 1.82) is 0 Å². The Bertz CT molecular complexity index is 505. The second-order valence-electron chi connectivity index (χ2n) is 5.56. The minimum atomic E-state index is -0.915. The first-order valence-corrected chi connectivity index (χ1v) is 6.92. The summed E-state index contributed by atoms with van der Waals surface area (Å²) in [6.07, 6.45) is 4.21. The quantitative estimate of drug-likeness (QED) is 0.703. The summed E-state index contributed by atoms with van der Waals surface area (Å²) in [5.41, 5.74) is 6.19. The van der Waals surface area contributed by atoms with Crippen LogP contribution in [0.4, 0.5) is 11.8 Å². The van der Waals surface area contributed by atoms with Crippen LogP contribution in [0.2, 0.25) is 0 Å². The molecule has 0 unspecified atom stereocenters. The lowest BCUT2D eigenvalue weighted by Crippen LogP contribution is -2.30. The maximum absolute atomic E-state index is 10.5. The number of carboxylic acid groups (broad SMARTS) is 1. The number of aromatic nitrogens is 2. The number of hydrogen-bond acceptors (Lipinski definition) is 6. The lowest BCUT2D eigenvalue weighted by molar-refractivity contribution is -0.134. The molecular weight excluding hydrogens is 258 g/mol. The molecule has 20 heavy (non-hydrogen) atoms. The number of nitrogens with one attached hydrogen (secondary N) is 1. The Labute approximate surface area is 117 Å². The van der Waals surface area contributed by atoms with Crippen LogP contribution in [0.15, 0.2) is 12.3 Å². The first-order valence-electron chi connectivity index (χ1n) is 6.92. The van der Waals surface area contributed by atoms with Crippen molar-refractivity contribution in [3.63, 3.8) is 0 Å². The summed E-state index contributed by atoms with van der Waals surface area (Å²) in [6.45, 7) is 1.51. The van der Waals surface area contributed by atoms with Gasteiger partial charge in [0.2, 0.25) is 5.95 Å². The molecule has 4 N–H and O–H groups in total. The predicted molar refractivity (Wildman–Crippen MR) is 74.6 cm³/mol. The number of anilines is 2. The van der Waals surface area contributed by atoms with Crippen molar-refractivity contribution in [2.45, 2.75) is 18.9 Å². The molecule has 2 aliphatic rings. The van der Waals surface area contributed by atoms with Crippen molar-refractivity contribution >= 4 is 17.7 Å². The van der Waals surface area contributed by atoms with E-state index in [2.05, 4.69) is 20.2 Å². The summed E-state index contributed by atoms with van der Waals surface area (Å²) in [7, 11) is 0. The molecule has 7 nitrogen and oxygen atoms in total. The third-order valence-corrected chi connectivity index (χ3v) is 3.99. The Morgan fingerprint density at radius 3 is 3.00 bits per heavy atom. The predicted octanol–water partition coefficient (Wildman–Crippen LogP) is 0.147. The summed E-state index contributed by atoms with van der Waals surface area (Å²) in [5.74, 6) is 1.54. The van der Waals surface area contributed by atoms with Gasteiger partial charge in [0.05, 0.1) is 0 Å². The van der Waals surface area contributed by atoms with Crippen LogP contribution in [0, 0.1) is 11.8 Å². The van der Waals surface area contributed by atoms with Crippen LogP contribution < -0.4 is 16.0 Å². The molecule has 0 bridgehead atoms. The number of nitrogens with zero attached hydrogens (tertiary/aromatic N) is 3. The van der Waals surface area contributed by atoms with Crippen LogP contribution in [-0.4, -0.2) is 46.7 Å². The second kappa shape index (κ2) is 5.24. The van der Waals surface area contributed by atoms with E-state index in [0.29, 0.717) is 17.7 Å². The van der Waals surface area contributed by atoms with Crippen LogP contribution in [-0.2, 0) is 4.79 Å². The first kappa shape index (κ1) is 13.1. The zero-order chi connectivity index (χ0) is 14.1. The average molecular weight is 277 g/mol. The summed E-state index contributed by atoms with van der Waals surface area (Å²) < 4.78 is 0. The number of aliphatic carboxylic acids is 1. The van der Waals surface area contributed by atoms with Gasteiger partial charge in [-0.3, -0.25) is 4.79 Å². The molecule has 7 heteroatoms. The van der Waals surface area contributed by atoms with Gasteiger partial charge in [0, 0.05) is 25.3 Å². The molecule has 108 valence electrons. The Kier molecular flexibility index (Phi) is 3.43. The SMILES string of the molecule is N[C@@H]1CN(c2nccc(NCC(=O)O)n2)C[C@H]1C1CC1. The Balaban J connectivity index is 1.67. The fourth-order valence-corrected chi connectivity index (χ4v) is 2.81. The molecule has 1 aromatic rings. The topological polar surface area (TPSA) is 104 Å². The summed E-state index contributed by atoms with van der Waals surface area (Å²) in [6, 6.07) is 1.85. The van der Waals surface area contributed by atoms with Crippen molar-refractivity contribution < 1.29 is 9.90 Å². The van der Waals surface area contributed by atoms with Gasteiger partial charge < -0.3 is 21.1 Å². The number of carbonyl (C=O) groups is 1. The van der Waals surface area contributed by atoms with E-state index >= 15 is 0 Å². The van der Waals surface area contributed by atoms with E-state index < -0.39 is 5.97 Å². The summed E-state index contributed by atoms with van der Waals surface area (Å²) in [4.78, 5) is 21.3. The lowest BCUT2D eigenvalue weighted by Gasteiger charge is -2.16. The average Bonchev–Trinajstić information content (AvgIpc) is 3.20.